The number of carbonyl (C=O) groups is 2. The van der Waals surface area contributed by atoms with Crippen LogP contribution in [0.5, 0.6) is 17.2 Å². The van der Waals surface area contributed by atoms with Crippen LogP contribution in [0.3, 0.4) is 0 Å². The number of thioether (sulfide) groups is 1. The zero-order valence-corrected chi connectivity index (χ0v) is 19.3. The molecule has 7 nitrogen and oxygen atoms in total. The van der Waals surface area contributed by atoms with E-state index in [0.717, 1.165) is 5.56 Å². The van der Waals surface area contributed by atoms with E-state index >= 15 is 0 Å². The van der Waals surface area contributed by atoms with Crippen molar-refractivity contribution in [1.29, 1.82) is 0 Å². The smallest absolute Gasteiger partial charge is 0.266 e. The number of ether oxygens (including phenoxy) is 3. The number of hydrogen-bond donors (Lipinski definition) is 1. The monoisotopic (exact) mass is 470 g/mol. The van der Waals surface area contributed by atoms with Gasteiger partial charge in [0.2, 0.25) is 0 Å². The Bertz CT molecular complexity index is 1080. The summed E-state index contributed by atoms with van der Waals surface area (Å²) in [4.78, 5) is 26.7. The topological polar surface area (TPSA) is 77.1 Å². The Morgan fingerprint density at radius 2 is 2.00 bits per heavy atom. The number of thiocarbonyl (C=S) groups is 1. The van der Waals surface area contributed by atoms with E-state index in [1.807, 2.05) is 0 Å². The molecule has 0 radical (unpaired) electrons. The fourth-order valence-electron chi connectivity index (χ4n) is 2.87. The lowest BCUT2D eigenvalue weighted by molar-refractivity contribution is -0.121. The molecule has 0 bridgehead atoms. The molecule has 2 amide bonds. The molecule has 1 aliphatic heterocycles. The van der Waals surface area contributed by atoms with Gasteiger partial charge in [-0.3, -0.25) is 14.5 Å². The molecule has 0 aliphatic carbocycles. The summed E-state index contributed by atoms with van der Waals surface area (Å²) in [5, 5.41) is 2.75. The van der Waals surface area contributed by atoms with E-state index in [1.54, 1.807) is 61.7 Å². The van der Waals surface area contributed by atoms with Gasteiger partial charge >= 0.3 is 0 Å². The van der Waals surface area contributed by atoms with Crippen LogP contribution in [0.15, 0.2) is 60.0 Å². The van der Waals surface area contributed by atoms with Crippen LogP contribution >= 0.6 is 24.0 Å². The quantitative estimate of drug-likeness (QED) is 0.336. The van der Waals surface area contributed by atoms with Crippen LogP contribution in [0.2, 0.25) is 0 Å². The van der Waals surface area contributed by atoms with E-state index in [9.17, 15) is 9.59 Å². The van der Waals surface area contributed by atoms with Gasteiger partial charge in [0.05, 0.1) is 19.1 Å². The first kappa shape index (κ1) is 23.4. The molecule has 1 fully saturated rings. The van der Waals surface area contributed by atoms with Gasteiger partial charge in [0.25, 0.3) is 11.8 Å². The third kappa shape index (κ3) is 5.68. The standard InChI is InChI=1S/C23H22N2O5S2/c1-4-10-25-22(27)20(32-23(25)31)12-15-8-9-18(19(11-15)29-3)30-14-21(26)24-16-6-5-7-17(13-16)28-2/h4-9,11-13H,1,10,14H2,2-3H3,(H,24,26)/b20-12-. The molecule has 0 saturated carbocycles. The fourth-order valence-corrected chi connectivity index (χ4v) is 4.15. The van der Waals surface area contributed by atoms with Crippen molar-refractivity contribution < 1.29 is 23.8 Å². The first-order chi connectivity index (χ1) is 15.4. The molecule has 32 heavy (non-hydrogen) atoms. The summed E-state index contributed by atoms with van der Waals surface area (Å²) >= 11 is 6.49. The number of methoxy groups -OCH3 is 2. The van der Waals surface area contributed by atoms with Gasteiger partial charge in [-0.2, -0.15) is 0 Å². The lowest BCUT2D eigenvalue weighted by Gasteiger charge is -2.12. The highest BCUT2D eigenvalue weighted by atomic mass is 32.2. The largest absolute Gasteiger partial charge is 0.497 e. The first-order valence-corrected chi connectivity index (χ1v) is 10.8. The molecule has 9 heteroatoms. The molecule has 3 rings (SSSR count). The number of anilines is 1. The Hall–Kier alpha value is -3.30. The second-order valence-corrected chi connectivity index (χ2v) is 8.24. The minimum atomic E-state index is -0.324. The molecule has 1 N–H and O–H groups in total. The van der Waals surface area contributed by atoms with Crippen molar-refractivity contribution in [2.45, 2.75) is 0 Å². The Morgan fingerprint density at radius 3 is 2.72 bits per heavy atom. The molecular weight excluding hydrogens is 448 g/mol. The molecular formula is C23H22N2O5S2. The van der Waals surface area contributed by atoms with Crippen molar-refractivity contribution in [2.24, 2.45) is 0 Å². The number of hydrogen-bond acceptors (Lipinski definition) is 7. The molecule has 2 aromatic rings. The second-order valence-electron chi connectivity index (χ2n) is 6.56. The SMILES string of the molecule is C=CCN1C(=O)/C(=C/c2ccc(OCC(=O)Nc3cccc(OC)c3)c(OC)c2)SC1=S. The number of benzene rings is 2. The van der Waals surface area contributed by atoms with Crippen LogP contribution in [0, 0.1) is 0 Å². The fraction of sp³-hybridized carbons (Fsp3) is 0.174. The molecule has 1 heterocycles. The van der Waals surface area contributed by atoms with E-state index in [0.29, 0.717) is 38.7 Å². The van der Waals surface area contributed by atoms with Gasteiger partial charge in [-0.15, -0.1) is 6.58 Å². The lowest BCUT2D eigenvalue weighted by Crippen LogP contribution is -2.27. The molecule has 0 spiro atoms. The summed E-state index contributed by atoms with van der Waals surface area (Å²) in [5.41, 5.74) is 1.35. The van der Waals surface area contributed by atoms with Gasteiger partial charge in [-0.1, -0.05) is 42.2 Å². The third-order valence-corrected chi connectivity index (χ3v) is 5.76. The second kappa shape index (κ2) is 10.8. The van der Waals surface area contributed by atoms with Crippen LogP contribution in [-0.2, 0) is 9.59 Å². The van der Waals surface area contributed by atoms with Crippen molar-refractivity contribution in [3.63, 3.8) is 0 Å². The van der Waals surface area contributed by atoms with E-state index in [-0.39, 0.29) is 18.4 Å². The molecule has 2 aromatic carbocycles. The van der Waals surface area contributed by atoms with E-state index in [2.05, 4.69) is 11.9 Å². The average molecular weight is 471 g/mol. The maximum Gasteiger partial charge on any atom is 0.266 e. The maximum atomic E-state index is 12.5. The summed E-state index contributed by atoms with van der Waals surface area (Å²) in [6.45, 7) is 3.82. The van der Waals surface area contributed by atoms with Crippen molar-refractivity contribution in [1.82, 2.24) is 4.90 Å². The summed E-state index contributed by atoms with van der Waals surface area (Å²) in [6, 6.07) is 12.2. The van der Waals surface area contributed by atoms with Crippen LogP contribution in [0.25, 0.3) is 6.08 Å². The van der Waals surface area contributed by atoms with Crippen molar-refractivity contribution >= 4 is 51.9 Å². The highest BCUT2D eigenvalue weighted by Gasteiger charge is 2.31. The third-order valence-electron chi connectivity index (χ3n) is 4.38. The summed E-state index contributed by atoms with van der Waals surface area (Å²) in [5.74, 6) is 1.00. The van der Waals surface area contributed by atoms with Crippen LogP contribution in [0.1, 0.15) is 5.56 Å². The average Bonchev–Trinajstić information content (AvgIpc) is 3.05. The molecule has 1 saturated heterocycles. The molecule has 0 aromatic heterocycles. The zero-order valence-electron chi connectivity index (χ0n) is 17.6. The Kier molecular flexibility index (Phi) is 7.91. The number of nitrogens with one attached hydrogen (secondary N) is 1. The summed E-state index contributed by atoms with van der Waals surface area (Å²) < 4.78 is 16.7. The predicted octanol–water partition coefficient (Wildman–Crippen LogP) is 4.11. The summed E-state index contributed by atoms with van der Waals surface area (Å²) in [7, 11) is 3.06. The Morgan fingerprint density at radius 1 is 1.19 bits per heavy atom. The molecule has 166 valence electrons. The highest BCUT2D eigenvalue weighted by molar-refractivity contribution is 8.26. The molecule has 1 aliphatic rings. The summed E-state index contributed by atoms with van der Waals surface area (Å²) in [6.07, 6.45) is 3.37. The number of amides is 2. The van der Waals surface area contributed by atoms with Crippen LogP contribution < -0.4 is 19.5 Å². The molecule has 0 unspecified atom stereocenters. The Balaban J connectivity index is 1.66. The van der Waals surface area contributed by atoms with Crippen LogP contribution in [0.4, 0.5) is 5.69 Å². The number of nitrogens with zero attached hydrogens (tertiary/aromatic N) is 1. The zero-order chi connectivity index (χ0) is 23.1. The highest BCUT2D eigenvalue weighted by Crippen LogP contribution is 2.34. The van der Waals surface area contributed by atoms with Gasteiger partial charge in [0.1, 0.15) is 10.1 Å². The van der Waals surface area contributed by atoms with E-state index < -0.39 is 0 Å². The van der Waals surface area contributed by atoms with Crippen molar-refractivity contribution in [2.75, 3.05) is 32.7 Å². The van der Waals surface area contributed by atoms with Crippen molar-refractivity contribution in [3.8, 4) is 17.2 Å². The van der Waals surface area contributed by atoms with Crippen molar-refractivity contribution in [3.05, 3.63) is 65.6 Å². The Labute approximate surface area is 196 Å². The van der Waals surface area contributed by atoms with Gasteiger partial charge in [-0.05, 0) is 35.9 Å². The molecule has 0 atom stereocenters. The van der Waals surface area contributed by atoms with Crippen LogP contribution in [-0.4, -0.2) is 48.4 Å². The lowest BCUT2D eigenvalue weighted by atomic mass is 10.2. The van der Waals surface area contributed by atoms with Gasteiger partial charge in [0, 0.05) is 18.3 Å². The van der Waals surface area contributed by atoms with E-state index in [1.165, 1.54) is 23.8 Å². The van der Waals surface area contributed by atoms with E-state index in [4.69, 9.17) is 26.4 Å². The van der Waals surface area contributed by atoms with Gasteiger partial charge in [-0.25, -0.2) is 0 Å². The van der Waals surface area contributed by atoms with Gasteiger partial charge in [0.15, 0.2) is 18.1 Å². The van der Waals surface area contributed by atoms with Gasteiger partial charge < -0.3 is 19.5 Å². The minimum Gasteiger partial charge on any atom is -0.497 e. The maximum absolute atomic E-state index is 12.5. The minimum absolute atomic E-state index is 0.159. The number of carbonyl (C=O) groups excluding carboxylic acids is 2. The first-order valence-electron chi connectivity index (χ1n) is 9.56. The number of rotatable bonds is 9. The normalized spacial score (nSPS) is 14.4. The predicted molar refractivity (Wildman–Crippen MR) is 130 cm³/mol.